The molecule has 0 atom stereocenters. The molecule has 2 aromatic heterocycles. The van der Waals surface area contributed by atoms with Crippen molar-refractivity contribution in [3.05, 3.63) is 21.9 Å². The molecule has 0 amide bonds. The largest absolute Gasteiger partial charge is 0.244 e. The molecule has 0 saturated heterocycles. The normalized spacial score (nSPS) is 10.7. The van der Waals surface area contributed by atoms with Gasteiger partial charge in [-0.15, -0.1) is 11.3 Å². The van der Waals surface area contributed by atoms with Gasteiger partial charge in [-0.2, -0.15) is 5.10 Å². The van der Waals surface area contributed by atoms with Crippen LogP contribution in [0.3, 0.4) is 0 Å². The Bertz CT molecular complexity index is 425. The molecule has 0 N–H and O–H groups in total. The van der Waals surface area contributed by atoms with Gasteiger partial charge in [0.2, 0.25) is 0 Å². The van der Waals surface area contributed by atoms with Crippen molar-refractivity contribution in [1.82, 2.24) is 19.7 Å². The van der Waals surface area contributed by atoms with Gasteiger partial charge in [-0.05, 0) is 0 Å². The van der Waals surface area contributed by atoms with E-state index in [-0.39, 0.29) is 0 Å². The van der Waals surface area contributed by atoms with E-state index in [9.17, 15) is 0 Å². The molecule has 2 heterocycles. The fourth-order valence-electron chi connectivity index (χ4n) is 0.903. The van der Waals surface area contributed by atoms with Crippen LogP contribution >= 0.6 is 34.7 Å². The maximum atomic E-state index is 5.72. The van der Waals surface area contributed by atoms with Crippen molar-refractivity contribution < 1.29 is 0 Å². The van der Waals surface area contributed by atoms with E-state index in [0.717, 1.165) is 16.6 Å². The molecule has 2 rings (SSSR count). The average Bonchev–Trinajstić information content (AvgIpc) is 2.72. The van der Waals surface area contributed by atoms with Gasteiger partial charge in [0, 0.05) is 18.2 Å². The van der Waals surface area contributed by atoms with E-state index < -0.39 is 0 Å². The lowest BCUT2D eigenvalue weighted by molar-refractivity contribution is 0.685. The Labute approximate surface area is 94.3 Å². The van der Waals surface area contributed by atoms with Crippen LogP contribution in [-0.4, -0.2) is 19.7 Å². The first-order valence-corrected chi connectivity index (χ1v) is 6.07. The standard InChI is InChI=1S/C7H7ClN4S2/c1-12-7(9-4-10-12)14-3-5-2-13-6(8)11-5/h2,4H,3H2,1H3. The molecule has 0 radical (unpaired) electrons. The Morgan fingerprint density at radius 3 is 3.07 bits per heavy atom. The Morgan fingerprint density at radius 2 is 2.50 bits per heavy atom. The minimum Gasteiger partial charge on any atom is -0.244 e. The lowest BCUT2D eigenvalue weighted by Crippen LogP contribution is -1.93. The molecule has 0 aliphatic rings. The minimum atomic E-state index is 0.582. The zero-order chi connectivity index (χ0) is 9.97. The van der Waals surface area contributed by atoms with Gasteiger partial charge in [-0.25, -0.2) is 14.6 Å². The number of nitrogens with zero attached hydrogens (tertiary/aromatic N) is 4. The first-order chi connectivity index (χ1) is 6.75. The van der Waals surface area contributed by atoms with Crippen LogP contribution < -0.4 is 0 Å². The summed E-state index contributed by atoms with van der Waals surface area (Å²) in [4.78, 5) is 8.24. The number of rotatable bonds is 3. The first-order valence-electron chi connectivity index (χ1n) is 3.82. The van der Waals surface area contributed by atoms with Gasteiger partial charge in [0.15, 0.2) is 9.62 Å². The highest BCUT2D eigenvalue weighted by Crippen LogP contribution is 2.22. The summed E-state index contributed by atoms with van der Waals surface area (Å²) < 4.78 is 2.32. The topological polar surface area (TPSA) is 43.6 Å². The molecule has 74 valence electrons. The maximum absolute atomic E-state index is 5.72. The molecule has 14 heavy (non-hydrogen) atoms. The van der Waals surface area contributed by atoms with Crippen molar-refractivity contribution in [3.63, 3.8) is 0 Å². The number of thiazole rings is 1. The van der Waals surface area contributed by atoms with E-state index in [0.29, 0.717) is 4.47 Å². The Balaban J connectivity index is 1.98. The fourth-order valence-corrected chi connectivity index (χ4v) is 2.57. The van der Waals surface area contributed by atoms with Crippen LogP contribution in [0.1, 0.15) is 5.69 Å². The number of aromatic nitrogens is 4. The third kappa shape index (κ3) is 2.26. The van der Waals surface area contributed by atoms with Crippen molar-refractivity contribution >= 4 is 34.7 Å². The summed E-state index contributed by atoms with van der Waals surface area (Å²) in [6, 6.07) is 0. The Kier molecular flexibility index (Phi) is 3.05. The van der Waals surface area contributed by atoms with Crippen LogP contribution in [0.2, 0.25) is 4.47 Å². The van der Waals surface area contributed by atoms with Gasteiger partial charge in [-0.3, -0.25) is 0 Å². The molecule has 0 aliphatic carbocycles. The lowest BCUT2D eigenvalue weighted by atomic mass is 10.6. The summed E-state index contributed by atoms with van der Waals surface area (Å²) in [5.41, 5.74) is 0.980. The van der Waals surface area contributed by atoms with Crippen LogP contribution in [0.15, 0.2) is 16.9 Å². The second-order valence-electron chi connectivity index (χ2n) is 2.55. The minimum absolute atomic E-state index is 0.582. The fraction of sp³-hybridized carbons (Fsp3) is 0.286. The molecule has 0 aromatic carbocycles. The average molecular weight is 247 g/mol. The molecule has 0 unspecified atom stereocenters. The molecule has 2 aromatic rings. The van der Waals surface area contributed by atoms with Crippen molar-refractivity contribution in [2.75, 3.05) is 0 Å². The summed E-state index contributed by atoms with van der Waals surface area (Å²) in [7, 11) is 1.86. The third-order valence-corrected chi connectivity index (χ3v) is 3.64. The van der Waals surface area contributed by atoms with Crippen LogP contribution in [0.25, 0.3) is 0 Å². The molecular weight excluding hydrogens is 240 g/mol. The zero-order valence-corrected chi connectivity index (χ0v) is 9.73. The molecular formula is C7H7ClN4S2. The van der Waals surface area contributed by atoms with Crippen LogP contribution in [0.4, 0.5) is 0 Å². The van der Waals surface area contributed by atoms with E-state index in [1.807, 2.05) is 12.4 Å². The number of hydrogen-bond acceptors (Lipinski definition) is 5. The SMILES string of the molecule is Cn1ncnc1SCc1csc(Cl)n1. The smallest absolute Gasteiger partial charge is 0.186 e. The van der Waals surface area contributed by atoms with Gasteiger partial charge < -0.3 is 0 Å². The summed E-state index contributed by atoms with van der Waals surface area (Å²) in [6.45, 7) is 0. The number of hydrogen-bond donors (Lipinski definition) is 0. The molecule has 0 bridgehead atoms. The molecule has 0 spiro atoms. The summed E-state index contributed by atoms with van der Waals surface area (Å²) >= 11 is 8.76. The van der Waals surface area contributed by atoms with E-state index in [1.165, 1.54) is 17.7 Å². The predicted octanol–water partition coefficient (Wildman–Crippen LogP) is 2.22. The highest BCUT2D eigenvalue weighted by atomic mass is 35.5. The van der Waals surface area contributed by atoms with Gasteiger partial charge in [0.25, 0.3) is 0 Å². The molecule has 0 fully saturated rings. The summed E-state index contributed by atoms with van der Waals surface area (Å²) in [6.07, 6.45) is 1.54. The number of thioether (sulfide) groups is 1. The van der Waals surface area contributed by atoms with Gasteiger partial charge in [0.1, 0.15) is 6.33 Å². The van der Waals surface area contributed by atoms with Crippen molar-refractivity contribution in [3.8, 4) is 0 Å². The second-order valence-corrected chi connectivity index (χ2v) is 4.93. The van der Waals surface area contributed by atoms with Crippen LogP contribution in [0.5, 0.6) is 0 Å². The van der Waals surface area contributed by atoms with Crippen molar-refractivity contribution in [2.45, 2.75) is 10.9 Å². The van der Waals surface area contributed by atoms with Crippen LogP contribution in [0, 0.1) is 0 Å². The highest BCUT2D eigenvalue weighted by Gasteiger charge is 2.04. The number of aryl methyl sites for hydroxylation is 1. The van der Waals surface area contributed by atoms with Gasteiger partial charge in [0.05, 0.1) is 5.69 Å². The monoisotopic (exact) mass is 246 g/mol. The first kappa shape index (κ1) is 9.95. The van der Waals surface area contributed by atoms with E-state index in [4.69, 9.17) is 11.6 Å². The molecule has 0 aliphatic heterocycles. The van der Waals surface area contributed by atoms with Gasteiger partial charge in [-0.1, -0.05) is 23.4 Å². The zero-order valence-electron chi connectivity index (χ0n) is 7.35. The maximum Gasteiger partial charge on any atom is 0.186 e. The summed E-state index contributed by atoms with van der Waals surface area (Å²) in [5.74, 6) is 0.774. The van der Waals surface area contributed by atoms with E-state index >= 15 is 0 Å². The number of halogens is 1. The Morgan fingerprint density at radius 1 is 1.64 bits per heavy atom. The van der Waals surface area contributed by atoms with Gasteiger partial charge >= 0.3 is 0 Å². The summed E-state index contributed by atoms with van der Waals surface area (Å²) in [5, 5.41) is 6.81. The van der Waals surface area contributed by atoms with Crippen LogP contribution in [-0.2, 0) is 12.8 Å². The molecule has 7 heteroatoms. The molecule has 4 nitrogen and oxygen atoms in total. The quantitative estimate of drug-likeness (QED) is 0.779. The predicted molar refractivity (Wildman–Crippen MR) is 57.7 cm³/mol. The van der Waals surface area contributed by atoms with E-state index in [2.05, 4.69) is 15.1 Å². The second kappa shape index (κ2) is 4.29. The third-order valence-electron chi connectivity index (χ3n) is 1.54. The molecule has 0 saturated carbocycles. The van der Waals surface area contributed by atoms with E-state index in [1.54, 1.807) is 16.4 Å². The van der Waals surface area contributed by atoms with Crippen molar-refractivity contribution in [1.29, 1.82) is 0 Å². The Hall–Kier alpha value is -0.590. The lowest BCUT2D eigenvalue weighted by Gasteiger charge is -1.96. The van der Waals surface area contributed by atoms with Crippen molar-refractivity contribution in [2.24, 2.45) is 7.05 Å². The highest BCUT2D eigenvalue weighted by molar-refractivity contribution is 7.98.